The number of carbonyl (C=O) groups excluding carboxylic acids is 4. The molecule has 34 heavy (non-hydrogen) atoms. The van der Waals surface area contributed by atoms with E-state index < -0.39 is 23.5 Å². The van der Waals surface area contributed by atoms with Crippen LogP contribution in [0.5, 0.6) is 0 Å². The van der Waals surface area contributed by atoms with Gasteiger partial charge < -0.3 is 9.47 Å². The summed E-state index contributed by atoms with van der Waals surface area (Å²) in [7, 11) is 3.39. The minimum atomic E-state index is -0.961. The Balaban J connectivity index is 1.54. The van der Waals surface area contributed by atoms with Crippen LogP contribution in [0.1, 0.15) is 54.6 Å². The van der Waals surface area contributed by atoms with Gasteiger partial charge in [0.15, 0.2) is 0 Å². The molecule has 0 spiro atoms. The Morgan fingerprint density at radius 3 is 1.26 bits per heavy atom. The van der Waals surface area contributed by atoms with Crippen LogP contribution in [0.4, 0.5) is 0 Å². The zero-order valence-corrected chi connectivity index (χ0v) is 20.0. The van der Waals surface area contributed by atoms with Gasteiger partial charge in [-0.25, -0.2) is 9.59 Å². The maximum Gasteiger partial charge on any atom is 0.380 e. The first-order chi connectivity index (χ1) is 16.0. The van der Waals surface area contributed by atoms with Crippen molar-refractivity contribution < 1.29 is 28.7 Å². The normalized spacial score (nSPS) is 10.8. The summed E-state index contributed by atoms with van der Waals surface area (Å²) < 4.78 is 13.4. The van der Waals surface area contributed by atoms with Crippen LogP contribution in [-0.4, -0.2) is 43.1 Å². The minimum Gasteiger partial charge on any atom is -0.455 e. The maximum atomic E-state index is 12.4. The number of aromatic nitrogens is 4. The van der Waals surface area contributed by atoms with E-state index >= 15 is 0 Å². The van der Waals surface area contributed by atoms with E-state index in [4.69, 9.17) is 9.47 Å². The molecule has 0 aliphatic carbocycles. The number of Topliss-reactive ketones (excluding diaryl/α,β-unsaturated/α-hetero) is 2. The molecule has 1 aromatic carbocycles. The fourth-order valence-electron chi connectivity index (χ4n) is 3.57. The van der Waals surface area contributed by atoms with E-state index in [9.17, 15) is 19.2 Å². The van der Waals surface area contributed by atoms with Crippen molar-refractivity contribution in [2.45, 2.75) is 40.9 Å². The Hall–Kier alpha value is -4.08. The van der Waals surface area contributed by atoms with Gasteiger partial charge in [0, 0.05) is 25.5 Å². The number of hydrogen-bond acceptors (Lipinski definition) is 8. The van der Waals surface area contributed by atoms with Crippen LogP contribution < -0.4 is 0 Å². The maximum absolute atomic E-state index is 12.4. The largest absolute Gasteiger partial charge is 0.455 e. The highest BCUT2D eigenvalue weighted by molar-refractivity contribution is 6.41. The number of rotatable bonds is 8. The second-order valence-corrected chi connectivity index (χ2v) is 7.97. The lowest BCUT2D eigenvalue weighted by atomic mass is 10.1. The molecule has 0 saturated carbocycles. The van der Waals surface area contributed by atoms with Crippen molar-refractivity contribution >= 4 is 23.5 Å². The third kappa shape index (κ3) is 4.95. The summed E-state index contributed by atoms with van der Waals surface area (Å²) in [4.78, 5) is 49.2. The molecular weight excluding hydrogens is 440 g/mol. The molecule has 0 saturated heterocycles. The molecule has 0 aliphatic heterocycles. The third-order valence-corrected chi connectivity index (χ3v) is 5.61. The molecule has 0 aliphatic rings. The van der Waals surface area contributed by atoms with Crippen LogP contribution in [0.3, 0.4) is 0 Å². The number of esters is 2. The zero-order valence-electron chi connectivity index (χ0n) is 20.0. The lowest BCUT2D eigenvalue weighted by molar-refractivity contribution is -0.140. The van der Waals surface area contributed by atoms with Crippen LogP contribution in [0.15, 0.2) is 24.3 Å². The number of ether oxygens (including phenoxy) is 2. The van der Waals surface area contributed by atoms with Gasteiger partial charge in [-0.3, -0.25) is 19.0 Å². The summed E-state index contributed by atoms with van der Waals surface area (Å²) in [6.07, 6.45) is 0. The van der Waals surface area contributed by atoms with Gasteiger partial charge in [0.25, 0.3) is 11.6 Å². The van der Waals surface area contributed by atoms with E-state index in [2.05, 4.69) is 10.2 Å². The molecule has 2 heterocycles. The summed E-state index contributed by atoms with van der Waals surface area (Å²) in [6, 6.07) is 6.72. The van der Waals surface area contributed by atoms with Crippen molar-refractivity contribution in [3.8, 4) is 0 Å². The number of benzene rings is 1. The first-order valence-electron chi connectivity index (χ1n) is 10.5. The molecule has 0 atom stereocenters. The molecule has 10 nitrogen and oxygen atoms in total. The van der Waals surface area contributed by atoms with Crippen LogP contribution in [0.25, 0.3) is 0 Å². The van der Waals surface area contributed by atoms with E-state index in [0.29, 0.717) is 33.9 Å². The third-order valence-electron chi connectivity index (χ3n) is 5.61. The molecule has 0 radical (unpaired) electrons. The highest BCUT2D eigenvalue weighted by atomic mass is 16.5. The second-order valence-electron chi connectivity index (χ2n) is 7.97. The van der Waals surface area contributed by atoms with Crippen molar-refractivity contribution in [3.05, 3.63) is 69.3 Å². The topological polar surface area (TPSA) is 122 Å². The van der Waals surface area contributed by atoms with Gasteiger partial charge in [0.2, 0.25) is 0 Å². The molecule has 178 valence electrons. The number of nitrogens with zero attached hydrogens (tertiary/aromatic N) is 4. The Kier molecular flexibility index (Phi) is 7.09. The lowest BCUT2D eigenvalue weighted by Gasteiger charge is -2.07. The summed E-state index contributed by atoms with van der Waals surface area (Å²) in [5, 5.41) is 8.27. The van der Waals surface area contributed by atoms with Crippen LogP contribution in [0, 0.1) is 27.7 Å². The highest BCUT2D eigenvalue weighted by Crippen LogP contribution is 2.16. The Labute approximate surface area is 196 Å². The van der Waals surface area contributed by atoms with E-state index in [1.807, 2.05) is 0 Å². The predicted molar refractivity (Wildman–Crippen MR) is 120 cm³/mol. The lowest BCUT2D eigenvalue weighted by Crippen LogP contribution is -2.19. The van der Waals surface area contributed by atoms with Gasteiger partial charge in [-0.15, -0.1) is 0 Å². The molecule has 0 amide bonds. The number of aryl methyl sites for hydroxylation is 4. The SMILES string of the molecule is Cc1nn(C)c(C)c1C(=O)C(=O)OCc1ccc(COC(=O)C(=O)c2c(C)nn(C)c2C)cc1. The highest BCUT2D eigenvalue weighted by Gasteiger charge is 2.26. The number of hydrogen-bond donors (Lipinski definition) is 0. The van der Waals surface area contributed by atoms with Crippen molar-refractivity contribution in [2.24, 2.45) is 14.1 Å². The van der Waals surface area contributed by atoms with Crippen molar-refractivity contribution in [1.29, 1.82) is 0 Å². The van der Waals surface area contributed by atoms with Gasteiger partial charge >= 0.3 is 11.9 Å². The van der Waals surface area contributed by atoms with E-state index in [-0.39, 0.29) is 24.3 Å². The summed E-state index contributed by atoms with van der Waals surface area (Å²) in [5.41, 5.74) is 3.89. The average Bonchev–Trinajstić information content (AvgIpc) is 3.21. The van der Waals surface area contributed by atoms with Gasteiger partial charge in [-0.2, -0.15) is 10.2 Å². The average molecular weight is 466 g/mol. The standard InChI is InChI=1S/C24H26N4O6/c1-13-19(15(3)27(5)25-13)21(29)23(31)33-11-17-7-9-18(10-8-17)12-34-24(32)22(30)20-14(2)26-28(6)16(20)4/h7-10H,11-12H2,1-6H3. The molecule has 3 aromatic rings. The minimum absolute atomic E-state index is 0.0962. The van der Waals surface area contributed by atoms with E-state index in [1.54, 1.807) is 66.1 Å². The first-order valence-corrected chi connectivity index (χ1v) is 10.5. The number of ketones is 2. The van der Waals surface area contributed by atoms with Gasteiger partial charge in [0.05, 0.1) is 22.5 Å². The summed E-state index contributed by atoms with van der Waals surface area (Å²) >= 11 is 0. The van der Waals surface area contributed by atoms with E-state index in [1.165, 1.54) is 9.36 Å². The molecule has 10 heteroatoms. The van der Waals surface area contributed by atoms with Crippen LogP contribution >= 0.6 is 0 Å². The van der Waals surface area contributed by atoms with Gasteiger partial charge in [-0.05, 0) is 38.8 Å². The molecule has 2 aromatic heterocycles. The van der Waals surface area contributed by atoms with Crippen molar-refractivity contribution in [2.75, 3.05) is 0 Å². The fraction of sp³-hybridized carbons (Fsp3) is 0.333. The van der Waals surface area contributed by atoms with Crippen molar-refractivity contribution in [3.63, 3.8) is 0 Å². The first kappa shape index (κ1) is 24.6. The Bertz CT molecular complexity index is 1180. The van der Waals surface area contributed by atoms with Crippen molar-refractivity contribution in [1.82, 2.24) is 19.6 Å². The molecule has 0 fully saturated rings. The molecule has 0 unspecified atom stereocenters. The van der Waals surface area contributed by atoms with Crippen LogP contribution in [0.2, 0.25) is 0 Å². The molecular formula is C24H26N4O6. The monoisotopic (exact) mass is 466 g/mol. The smallest absolute Gasteiger partial charge is 0.380 e. The summed E-state index contributed by atoms with van der Waals surface area (Å²) in [5.74, 6) is -3.40. The predicted octanol–water partition coefficient (Wildman–Crippen LogP) is 2.24. The fourth-order valence-corrected chi connectivity index (χ4v) is 3.57. The van der Waals surface area contributed by atoms with Gasteiger partial charge in [-0.1, -0.05) is 24.3 Å². The van der Waals surface area contributed by atoms with Crippen LogP contribution in [-0.2, 0) is 46.4 Å². The Morgan fingerprint density at radius 2 is 1.00 bits per heavy atom. The second kappa shape index (κ2) is 9.82. The Morgan fingerprint density at radius 1 is 0.676 bits per heavy atom. The molecule has 3 rings (SSSR count). The van der Waals surface area contributed by atoms with Gasteiger partial charge in [0.1, 0.15) is 13.2 Å². The number of carbonyl (C=O) groups is 4. The van der Waals surface area contributed by atoms with E-state index in [0.717, 1.165) is 0 Å². The summed E-state index contributed by atoms with van der Waals surface area (Å²) in [6.45, 7) is 6.54. The molecule has 0 bridgehead atoms. The molecule has 0 N–H and O–H groups in total. The zero-order chi connectivity index (χ0) is 25.2. The quantitative estimate of drug-likeness (QED) is 0.281.